The van der Waals surface area contributed by atoms with Crippen LogP contribution in [0, 0.1) is 0 Å². The van der Waals surface area contributed by atoms with E-state index in [1.807, 2.05) is 30.3 Å². The monoisotopic (exact) mass is 326 g/mol. The van der Waals surface area contributed by atoms with E-state index in [0.29, 0.717) is 17.9 Å². The lowest BCUT2D eigenvalue weighted by Gasteiger charge is -2.10. The lowest BCUT2D eigenvalue weighted by molar-refractivity contribution is 0.0951. The molecular formula is C18H18N2O2S. The zero-order chi connectivity index (χ0) is 16.2. The summed E-state index contributed by atoms with van der Waals surface area (Å²) in [7, 11) is 1.59. The normalized spacial score (nSPS) is 12.1. The molecule has 0 saturated carbocycles. The Labute approximate surface area is 139 Å². The highest BCUT2D eigenvalue weighted by molar-refractivity contribution is 7.18. The first-order chi connectivity index (χ1) is 11.2. The molecular weight excluding hydrogens is 308 g/mol. The molecule has 2 aromatic carbocycles. The molecule has 118 valence electrons. The van der Waals surface area contributed by atoms with Crippen LogP contribution in [-0.2, 0) is 0 Å². The van der Waals surface area contributed by atoms with E-state index in [4.69, 9.17) is 4.74 Å². The summed E-state index contributed by atoms with van der Waals surface area (Å²) in [4.78, 5) is 16.9. The molecule has 4 nitrogen and oxygen atoms in total. The number of nitrogens with one attached hydrogen (secondary N) is 1. The van der Waals surface area contributed by atoms with E-state index in [9.17, 15) is 4.79 Å². The maximum Gasteiger partial charge on any atom is 0.251 e. The predicted octanol–water partition coefficient (Wildman–Crippen LogP) is 3.84. The van der Waals surface area contributed by atoms with E-state index in [2.05, 4.69) is 23.3 Å². The standard InChI is InChI=1S/C18H18N2O2S/c1-12(18-20-15-8-3-4-9-16(15)23-18)11-19-17(21)13-6-5-7-14(10-13)22-2/h3-10,12H,11H2,1-2H3,(H,19,21). The van der Waals surface area contributed by atoms with Gasteiger partial charge in [0.25, 0.3) is 5.91 Å². The number of thiazole rings is 1. The maximum absolute atomic E-state index is 12.2. The first-order valence-electron chi connectivity index (χ1n) is 7.45. The highest BCUT2D eigenvalue weighted by atomic mass is 32.1. The van der Waals surface area contributed by atoms with Crippen LogP contribution in [0.1, 0.15) is 28.2 Å². The van der Waals surface area contributed by atoms with Crippen molar-refractivity contribution in [3.63, 3.8) is 0 Å². The average Bonchev–Trinajstić information content (AvgIpc) is 3.03. The number of para-hydroxylation sites is 1. The van der Waals surface area contributed by atoms with Gasteiger partial charge in [-0.1, -0.05) is 25.1 Å². The number of carbonyl (C=O) groups is 1. The third kappa shape index (κ3) is 3.51. The van der Waals surface area contributed by atoms with Crippen LogP contribution in [-0.4, -0.2) is 24.5 Å². The van der Waals surface area contributed by atoms with Gasteiger partial charge in [0, 0.05) is 18.0 Å². The Morgan fingerprint density at radius 2 is 2.09 bits per heavy atom. The summed E-state index contributed by atoms with van der Waals surface area (Å²) < 4.78 is 6.32. The number of benzene rings is 2. The van der Waals surface area contributed by atoms with E-state index in [1.165, 1.54) is 4.70 Å². The SMILES string of the molecule is COc1cccc(C(=O)NCC(C)c2nc3ccccc3s2)c1. The van der Waals surface area contributed by atoms with Crippen molar-refractivity contribution in [2.75, 3.05) is 13.7 Å². The Morgan fingerprint density at radius 3 is 2.87 bits per heavy atom. The molecule has 3 rings (SSSR count). The molecule has 1 amide bonds. The van der Waals surface area contributed by atoms with Crippen LogP contribution >= 0.6 is 11.3 Å². The van der Waals surface area contributed by atoms with Crippen LogP contribution in [0.5, 0.6) is 5.75 Å². The van der Waals surface area contributed by atoms with Crippen LogP contribution in [0.4, 0.5) is 0 Å². The van der Waals surface area contributed by atoms with E-state index < -0.39 is 0 Å². The van der Waals surface area contributed by atoms with Crippen LogP contribution < -0.4 is 10.1 Å². The van der Waals surface area contributed by atoms with Crippen molar-refractivity contribution in [1.29, 1.82) is 0 Å². The Kier molecular flexibility index (Phi) is 4.57. The Balaban J connectivity index is 1.65. The number of nitrogens with zero attached hydrogens (tertiary/aromatic N) is 1. The summed E-state index contributed by atoms with van der Waals surface area (Å²) in [6, 6.07) is 15.2. The topological polar surface area (TPSA) is 51.2 Å². The molecule has 1 N–H and O–H groups in total. The minimum absolute atomic E-state index is 0.100. The van der Waals surface area contributed by atoms with E-state index >= 15 is 0 Å². The molecule has 1 atom stereocenters. The molecule has 0 spiro atoms. The van der Waals surface area contributed by atoms with Gasteiger partial charge in [0.2, 0.25) is 0 Å². The molecule has 1 heterocycles. The smallest absolute Gasteiger partial charge is 0.251 e. The molecule has 1 unspecified atom stereocenters. The molecule has 0 radical (unpaired) electrons. The number of hydrogen-bond donors (Lipinski definition) is 1. The second-order valence-electron chi connectivity index (χ2n) is 5.36. The maximum atomic E-state index is 12.2. The Morgan fingerprint density at radius 1 is 1.26 bits per heavy atom. The number of aromatic nitrogens is 1. The van der Waals surface area contributed by atoms with E-state index in [0.717, 1.165) is 10.5 Å². The molecule has 1 aromatic heterocycles. The number of ether oxygens (including phenoxy) is 1. The fourth-order valence-corrected chi connectivity index (χ4v) is 3.32. The molecule has 0 fully saturated rings. The van der Waals surface area contributed by atoms with Gasteiger partial charge in [-0.25, -0.2) is 4.98 Å². The molecule has 0 aliphatic carbocycles. The molecule has 23 heavy (non-hydrogen) atoms. The largest absolute Gasteiger partial charge is 0.497 e. The number of amides is 1. The van der Waals surface area contributed by atoms with E-state index in [1.54, 1.807) is 30.6 Å². The minimum Gasteiger partial charge on any atom is -0.497 e. The fraction of sp³-hybridized carbons (Fsp3) is 0.222. The van der Waals surface area contributed by atoms with Crippen molar-refractivity contribution < 1.29 is 9.53 Å². The number of fused-ring (bicyclic) bond motifs is 1. The summed E-state index contributed by atoms with van der Waals surface area (Å²) in [5, 5.41) is 4.00. The number of hydrogen-bond acceptors (Lipinski definition) is 4. The zero-order valence-electron chi connectivity index (χ0n) is 13.1. The van der Waals surface area contributed by atoms with Gasteiger partial charge in [-0.15, -0.1) is 11.3 Å². The number of methoxy groups -OCH3 is 1. The van der Waals surface area contributed by atoms with Gasteiger partial charge in [-0.3, -0.25) is 4.79 Å². The highest BCUT2D eigenvalue weighted by Gasteiger charge is 2.13. The van der Waals surface area contributed by atoms with Gasteiger partial charge in [-0.2, -0.15) is 0 Å². The van der Waals surface area contributed by atoms with Crippen molar-refractivity contribution in [3.8, 4) is 5.75 Å². The highest BCUT2D eigenvalue weighted by Crippen LogP contribution is 2.26. The minimum atomic E-state index is -0.100. The molecule has 0 aliphatic rings. The first-order valence-corrected chi connectivity index (χ1v) is 8.26. The summed E-state index contributed by atoms with van der Waals surface area (Å²) in [6.45, 7) is 2.62. The molecule has 0 saturated heterocycles. The molecule has 0 aliphatic heterocycles. The van der Waals surface area contributed by atoms with Crippen molar-refractivity contribution >= 4 is 27.5 Å². The lowest BCUT2D eigenvalue weighted by Crippen LogP contribution is -2.27. The van der Waals surface area contributed by atoms with Crippen LogP contribution in [0.2, 0.25) is 0 Å². The lowest BCUT2D eigenvalue weighted by atomic mass is 10.1. The number of carbonyl (C=O) groups excluding carboxylic acids is 1. The third-order valence-corrected chi connectivity index (χ3v) is 4.90. The van der Waals surface area contributed by atoms with Crippen molar-refractivity contribution in [1.82, 2.24) is 10.3 Å². The average molecular weight is 326 g/mol. The van der Waals surface area contributed by atoms with Crippen LogP contribution in [0.3, 0.4) is 0 Å². The second kappa shape index (κ2) is 6.79. The van der Waals surface area contributed by atoms with Crippen molar-refractivity contribution in [2.24, 2.45) is 0 Å². The summed E-state index contributed by atoms with van der Waals surface area (Å²) in [5.74, 6) is 0.746. The summed E-state index contributed by atoms with van der Waals surface area (Å²) in [5.41, 5.74) is 1.61. The molecule has 0 bridgehead atoms. The van der Waals surface area contributed by atoms with Gasteiger partial charge < -0.3 is 10.1 Å². The van der Waals surface area contributed by atoms with Gasteiger partial charge in [0.05, 0.1) is 22.3 Å². The van der Waals surface area contributed by atoms with Gasteiger partial charge >= 0.3 is 0 Å². The fourth-order valence-electron chi connectivity index (χ4n) is 2.30. The Bertz CT molecular complexity index is 796. The second-order valence-corrected chi connectivity index (χ2v) is 6.43. The van der Waals surface area contributed by atoms with Crippen LogP contribution in [0.15, 0.2) is 48.5 Å². The number of rotatable bonds is 5. The van der Waals surface area contributed by atoms with E-state index in [-0.39, 0.29) is 11.8 Å². The summed E-state index contributed by atoms with van der Waals surface area (Å²) in [6.07, 6.45) is 0. The zero-order valence-corrected chi connectivity index (χ0v) is 13.9. The van der Waals surface area contributed by atoms with Gasteiger partial charge in [-0.05, 0) is 30.3 Å². The predicted molar refractivity (Wildman–Crippen MR) is 93.4 cm³/mol. The van der Waals surface area contributed by atoms with Crippen molar-refractivity contribution in [3.05, 3.63) is 59.1 Å². The quantitative estimate of drug-likeness (QED) is 0.775. The first kappa shape index (κ1) is 15.5. The third-order valence-electron chi connectivity index (χ3n) is 3.63. The Hall–Kier alpha value is -2.40. The summed E-state index contributed by atoms with van der Waals surface area (Å²) >= 11 is 1.68. The van der Waals surface area contributed by atoms with Crippen LogP contribution in [0.25, 0.3) is 10.2 Å². The van der Waals surface area contributed by atoms with Gasteiger partial charge in [0.15, 0.2) is 0 Å². The van der Waals surface area contributed by atoms with Crippen molar-refractivity contribution in [2.45, 2.75) is 12.8 Å². The molecule has 3 aromatic rings. The van der Waals surface area contributed by atoms with Gasteiger partial charge in [0.1, 0.15) is 5.75 Å². The molecule has 5 heteroatoms.